The summed E-state index contributed by atoms with van der Waals surface area (Å²) in [7, 11) is 0. The van der Waals surface area contributed by atoms with Crippen LogP contribution in [0.3, 0.4) is 0 Å². The molecule has 4 nitrogen and oxygen atoms in total. The number of nitrogens with zero attached hydrogens (tertiary/aromatic N) is 4. The maximum Gasteiger partial charge on any atom is 0.234 e. The van der Waals surface area contributed by atoms with Crippen molar-refractivity contribution in [2.45, 2.75) is 25.9 Å². The Balaban J connectivity index is 1.30. The van der Waals surface area contributed by atoms with E-state index in [4.69, 9.17) is 0 Å². The van der Waals surface area contributed by atoms with Gasteiger partial charge >= 0.3 is 0 Å². The number of rotatable bonds is 9. The molecule has 0 saturated heterocycles. The SMILES string of the molecule is C=Cc1ccc(C[N+]2=CN(CCN3C=[N+](Cc4ccc(C=C)cc4)CCC3)CCC2)cc1. The molecule has 2 aromatic rings. The van der Waals surface area contributed by atoms with Gasteiger partial charge in [-0.25, -0.2) is 0 Å². The van der Waals surface area contributed by atoms with Gasteiger partial charge < -0.3 is 0 Å². The van der Waals surface area contributed by atoms with E-state index >= 15 is 0 Å². The summed E-state index contributed by atoms with van der Waals surface area (Å²) in [6, 6.07) is 17.5. The highest BCUT2D eigenvalue weighted by Gasteiger charge is 2.21. The lowest BCUT2D eigenvalue weighted by atomic mass is 10.1. The van der Waals surface area contributed by atoms with Crippen LogP contribution in [0.15, 0.2) is 61.7 Å². The molecule has 4 heteroatoms. The van der Waals surface area contributed by atoms with Crippen molar-refractivity contribution in [2.24, 2.45) is 0 Å². The van der Waals surface area contributed by atoms with Crippen LogP contribution < -0.4 is 0 Å². The summed E-state index contributed by atoms with van der Waals surface area (Å²) in [5.74, 6) is 0. The summed E-state index contributed by atoms with van der Waals surface area (Å²) < 4.78 is 4.90. The average molecular weight is 429 g/mol. The van der Waals surface area contributed by atoms with Crippen LogP contribution in [0.4, 0.5) is 0 Å². The second-order valence-electron chi connectivity index (χ2n) is 8.84. The lowest BCUT2D eigenvalue weighted by molar-refractivity contribution is -0.550. The number of hydrogen-bond acceptors (Lipinski definition) is 2. The fourth-order valence-electron chi connectivity index (χ4n) is 4.47. The zero-order valence-corrected chi connectivity index (χ0v) is 19.2. The van der Waals surface area contributed by atoms with Crippen molar-refractivity contribution >= 4 is 24.8 Å². The lowest BCUT2D eigenvalue weighted by Gasteiger charge is -2.24. The van der Waals surface area contributed by atoms with Gasteiger partial charge in [0.2, 0.25) is 12.7 Å². The van der Waals surface area contributed by atoms with Gasteiger partial charge in [0.15, 0.2) is 0 Å². The molecule has 0 amide bonds. The molecule has 166 valence electrons. The predicted molar refractivity (Wildman–Crippen MR) is 135 cm³/mol. The minimum Gasteiger partial charge on any atom is -0.264 e. The van der Waals surface area contributed by atoms with Crippen LogP contribution in [0, 0.1) is 0 Å². The highest BCUT2D eigenvalue weighted by molar-refractivity contribution is 5.52. The van der Waals surface area contributed by atoms with Gasteiger partial charge in [-0.05, 0) is 22.3 Å². The fourth-order valence-corrected chi connectivity index (χ4v) is 4.47. The van der Waals surface area contributed by atoms with Crippen molar-refractivity contribution in [3.63, 3.8) is 0 Å². The quantitative estimate of drug-likeness (QED) is 0.556. The smallest absolute Gasteiger partial charge is 0.234 e. The van der Waals surface area contributed by atoms with Gasteiger partial charge in [0.05, 0.1) is 26.2 Å². The van der Waals surface area contributed by atoms with Crippen molar-refractivity contribution < 1.29 is 9.15 Å². The summed E-state index contributed by atoms with van der Waals surface area (Å²) in [6.07, 6.45) is 10.9. The molecule has 32 heavy (non-hydrogen) atoms. The molecule has 2 aliphatic rings. The van der Waals surface area contributed by atoms with Crippen LogP contribution in [0.25, 0.3) is 12.2 Å². The molecule has 2 aromatic carbocycles. The molecule has 0 saturated carbocycles. The third-order valence-corrected chi connectivity index (χ3v) is 6.31. The maximum absolute atomic E-state index is 3.84. The van der Waals surface area contributed by atoms with E-state index in [0.717, 1.165) is 52.4 Å². The van der Waals surface area contributed by atoms with Gasteiger partial charge in [-0.2, -0.15) is 0 Å². The second-order valence-corrected chi connectivity index (χ2v) is 8.84. The van der Waals surface area contributed by atoms with E-state index in [1.165, 1.54) is 35.1 Å². The molecule has 2 heterocycles. The first-order valence-electron chi connectivity index (χ1n) is 11.8. The van der Waals surface area contributed by atoms with Gasteiger partial charge in [-0.3, -0.25) is 19.0 Å². The Morgan fingerprint density at radius 1 is 0.656 bits per heavy atom. The van der Waals surface area contributed by atoms with Crippen LogP contribution in [0.2, 0.25) is 0 Å². The van der Waals surface area contributed by atoms with Crippen molar-refractivity contribution in [3.05, 3.63) is 83.9 Å². The molecular formula is C28H36N4+2. The van der Waals surface area contributed by atoms with E-state index < -0.39 is 0 Å². The molecule has 0 N–H and O–H groups in total. The Hall–Kier alpha value is -3.14. The van der Waals surface area contributed by atoms with Crippen molar-refractivity contribution in [2.75, 3.05) is 39.3 Å². The summed E-state index contributed by atoms with van der Waals surface area (Å²) in [4.78, 5) is 4.98. The Bertz CT molecular complexity index is 888. The predicted octanol–water partition coefficient (Wildman–Crippen LogP) is 4.17. The summed E-state index contributed by atoms with van der Waals surface area (Å²) in [5.41, 5.74) is 5.07. The van der Waals surface area contributed by atoms with Gasteiger partial charge in [0.25, 0.3) is 0 Å². The Kier molecular flexibility index (Phi) is 7.55. The molecule has 0 bridgehead atoms. The van der Waals surface area contributed by atoms with Crippen molar-refractivity contribution in [1.82, 2.24) is 9.80 Å². The van der Waals surface area contributed by atoms with Crippen LogP contribution in [-0.4, -0.2) is 70.9 Å². The average Bonchev–Trinajstić information content (AvgIpc) is 2.84. The molecule has 0 aromatic heterocycles. The third kappa shape index (κ3) is 6.19. The van der Waals surface area contributed by atoms with Crippen LogP contribution in [0.1, 0.15) is 35.1 Å². The zero-order chi connectivity index (χ0) is 22.2. The van der Waals surface area contributed by atoms with Crippen LogP contribution >= 0.6 is 0 Å². The van der Waals surface area contributed by atoms with E-state index in [1.54, 1.807) is 0 Å². The Labute approximate surface area is 193 Å². The Morgan fingerprint density at radius 3 is 1.44 bits per heavy atom. The summed E-state index contributed by atoms with van der Waals surface area (Å²) in [5, 5.41) is 0. The number of benzene rings is 2. The van der Waals surface area contributed by atoms with E-state index in [9.17, 15) is 0 Å². The number of hydrogen-bond donors (Lipinski definition) is 0. The van der Waals surface area contributed by atoms with Crippen molar-refractivity contribution in [1.29, 1.82) is 0 Å². The largest absolute Gasteiger partial charge is 0.264 e. The first kappa shape index (κ1) is 22.1. The summed E-state index contributed by atoms with van der Waals surface area (Å²) >= 11 is 0. The van der Waals surface area contributed by atoms with Gasteiger partial charge in [-0.15, -0.1) is 0 Å². The molecule has 0 radical (unpaired) electrons. The normalized spacial score (nSPS) is 16.4. The minimum absolute atomic E-state index is 0.974. The fraction of sp³-hybridized carbons (Fsp3) is 0.357. The molecular weight excluding hydrogens is 392 g/mol. The van der Waals surface area contributed by atoms with Gasteiger partial charge in [-0.1, -0.05) is 73.8 Å². The molecule has 0 unspecified atom stereocenters. The Morgan fingerprint density at radius 2 is 1.06 bits per heavy atom. The third-order valence-electron chi connectivity index (χ3n) is 6.31. The zero-order valence-electron chi connectivity index (χ0n) is 19.2. The topological polar surface area (TPSA) is 12.5 Å². The first-order chi connectivity index (χ1) is 15.7. The monoisotopic (exact) mass is 428 g/mol. The van der Waals surface area contributed by atoms with E-state index in [0.29, 0.717) is 0 Å². The molecule has 4 rings (SSSR count). The summed E-state index contributed by atoms with van der Waals surface area (Å²) in [6.45, 7) is 16.3. The standard InChI is InChI=1S/C28H36N4/c1-3-25-7-11-27(12-8-25)21-31-17-5-15-29(23-31)19-20-30-16-6-18-32(24-30)22-28-13-9-26(4-2)10-14-28/h3-4,7-14,23-24H,1-2,5-6,15-22H2/q+2. The highest BCUT2D eigenvalue weighted by atomic mass is 15.3. The van der Waals surface area contributed by atoms with E-state index in [-0.39, 0.29) is 0 Å². The first-order valence-corrected chi connectivity index (χ1v) is 11.8. The highest BCUT2D eigenvalue weighted by Crippen LogP contribution is 2.10. The van der Waals surface area contributed by atoms with Crippen LogP contribution in [-0.2, 0) is 13.1 Å². The minimum atomic E-state index is 0.974. The van der Waals surface area contributed by atoms with Crippen molar-refractivity contribution in [3.8, 4) is 0 Å². The lowest BCUT2D eigenvalue weighted by Crippen LogP contribution is -2.43. The molecule has 2 aliphatic heterocycles. The molecule has 0 fully saturated rings. The molecule has 0 atom stereocenters. The molecule has 0 spiro atoms. The second kappa shape index (κ2) is 10.9. The van der Waals surface area contributed by atoms with Gasteiger partial charge in [0, 0.05) is 12.8 Å². The van der Waals surface area contributed by atoms with Gasteiger partial charge in [0.1, 0.15) is 26.2 Å². The van der Waals surface area contributed by atoms with Crippen LogP contribution in [0.5, 0.6) is 0 Å². The van der Waals surface area contributed by atoms with E-state index in [2.05, 4.69) is 93.3 Å². The maximum atomic E-state index is 3.84. The molecule has 0 aliphatic carbocycles. The van der Waals surface area contributed by atoms with E-state index in [1.807, 2.05) is 12.2 Å².